The summed E-state index contributed by atoms with van der Waals surface area (Å²) in [5, 5.41) is 23.3. The molecule has 84 valence electrons. The van der Waals surface area contributed by atoms with Crippen LogP contribution in [-0.2, 0) is 0 Å². The van der Waals surface area contributed by atoms with Crippen LogP contribution in [0.1, 0.15) is 5.56 Å². The third-order valence-corrected chi connectivity index (χ3v) is 3.13. The van der Waals surface area contributed by atoms with Crippen molar-refractivity contribution in [3.63, 3.8) is 0 Å². The summed E-state index contributed by atoms with van der Waals surface area (Å²) in [6.07, 6.45) is 0. The predicted octanol–water partition coefficient (Wildman–Crippen LogP) is 3.71. The summed E-state index contributed by atoms with van der Waals surface area (Å²) in [5.41, 5.74) is 0.871. The number of fused-ring (bicyclic) bond motifs is 2. The zero-order valence-corrected chi connectivity index (χ0v) is 9.44. The summed E-state index contributed by atoms with van der Waals surface area (Å²) in [6.45, 7) is 1.88. The van der Waals surface area contributed by atoms with Gasteiger partial charge in [0.2, 0.25) is 0 Å². The second-order valence-corrected chi connectivity index (χ2v) is 4.34. The molecule has 0 amide bonds. The first-order chi connectivity index (χ1) is 8.15. The molecule has 0 unspecified atom stereocenters. The summed E-state index contributed by atoms with van der Waals surface area (Å²) in [5.74, 6) is 0.589. The number of aryl methyl sites for hydroxylation is 1. The molecule has 0 bridgehead atoms. The molecule has 0 radical (unpaired) electrons. The third kappa shape index (κ3) is 1.49. The van der Waals surface area contributed by atoms with Crippen LogP contribution in [0.15, 0.2) is 42.5 Å². The van der Waals surface area contributed by atoms with Gasteiger partial charge in [0, 0.05) is 5.39 Å². The molecular formula is C15H12O2. The second-order valence-electron chi connectivity index (χ2n) is 4.34. The number of hydrogen-bond acceptors (Lipinski definition) is 2. The SMILES string of the molecule is Cc1ccc2cc3cc(O)ccc3cc2c1O. The Labute approximate surface area is 98.7 Å². The number of benzene rings is 3. The van der Waals surface area contributed by atoms with E-state index < -0.39 is 0 Å². The van der Waals surface area contributed by atoms with Crippen LogP contribution in [0.5, 0.6) is 11.5 Å². The average Bonchev–Trinajstić information content (AvgIpc) is 2.32. The highest BCUT2D eigenvalue weighted by Crippen LogP contribution is 2.32. The van der Waals surface area contributed by atoms with E-state index in [0.29, 0.717) is 5.75 Å². The zero-order valence-electron chi connectivity index (χ0n) is 9.44. The summed E-state index contributed by atoms with van der Waals surface area (Å²) in [7, 11) is 0. The second kappa shape index (κ2) is 3.39. The number of phenolic OH excluding ortho intramolecular Hbond substituents is 2. The minimum absolute atomic E-state index is 0.258. The van der Waals surface area contributed by atoms with Gasteiger partial charge in [0.1, 0.15) is 11.5 Å². The molecule has 0 fully saturated rings. The van der Waals surface area contributed by atoms with Crippen LogP contribution in [0.3, 0.4) is 0 Å². The van der Waals surface area contributed by atoms with Crippen LogP contribution in [0.4, 0.5) is 0 Å². The lowest BCUT2D eigenvalue weighted by Gasteiger charge is -2.06. The molecule has 0 saturated carbocycles. The molecule has 0 atom stereocenters. The first-order valence-corrected chi connectivity index (χ1v) is 5.50. The zero-order chi connectivity index (χ0) is 12.0. The Kier molecular flexibility index (Phi) is 1.99. The summed E-state index contributed by atoms with van der Waals surface area (Å²) in [4.78, 5) is 0. The maximum absolute atomic E-state index is 10.0. The fourth-order valence-corrected chi connectivity index (χ4v) is 2.15. The van der Waals surface area contributed by atoms with Gasteiger partial charge in [-0.05, 0) is 52.9 Å². The van der Waals surface area contributed by atoms with E-state index in [2.05, 4.69) is 0 Å². The topological polar surface area (TPSA) is 40.5 Å². The van der Waals surface area contributed by atoms with Gasteiger partial charge in [-0.15, -0.1) is 0 Å². The molecule has 0 aliphatic carbocycles. The number of rotatable bonds is 0. The van der Waals surface area contributed by atoms with Gasteiger partial charge < -0.3 is 10.2 Å². The van der Waals surface area contributed by atoms with E-state index in [9.17, 15) is 10.2 Å². The van der Waals surface area contributed by atoms with E-state index in [4.69, 9.17) is 0 Å². The van der Waals surface area contributed by atoms with Crippen LogP contribution in [-0.4, -0.2) is 10.2 Å². The van der Waals surface area contributed by atoms with Gasteiger partial charge in [0.25, 0.3) is 0 Å². The Bertz CT molecular complexity index is 730. The lowest BCUT2D eigenvalue weighted by atomic mass is 10.0. The van der Waals surface area contributed by atoms with Crippen LogP contribution >= 0.6 is 0 Å². The van der Waals surface area contributed by atoms with Crippen molar-refractivity contribution in [2.45, 2.75) is 6.92 Å². The molecule has 0 saturated heterocycles. The fraction of sp³-hybridized carbons (Fsp3) is 0.0667. The molecule has 2 nitrogen and oxygen atoms in total. The molecule has 3 aromatic carbocycles. The minimum Gasteiger partial charge on any atom is -0.508 e. The fourth-order valence-electron chi connectivity index (χ4n) is 2.15. The predicted molar refractivity (Wildman–Crippen MR) is 69.5 cm³/mol. The van der Waals surface area contributed by atoms with Crippen molar-refractivity contribution in [1.82, 2.24) is 0 Å². The summed E-state index contributed by atoms with van der Waals surface area (Å²) >= 11 is 0. The molecule has 0 aliphatic rings. The van der Waals surface area contributed by atoms with E-state index >= 15 is 0 Å². The van der Waals surface area contributed by atoms with Crippen LogP contribution in [0, 0.1) is 6.92 Å². The lowest BCUT2D eigenvalue weighted by Crippen LogP contribution is -1.80. The van der Waals surface area contributed by atoms with E-state index in [0.717, 1.165) is 27.1 Å². The van der Waals surface area contributed by atoms with E-state index in [1.807, 2.05) is 37.3 Å². The molecule has 0 aromatic heterocycles. The Hall–Kier alpha value is -2.22. The molecule has 3 rings (SSSR count). The summed E-state index contributed by atoms with van der Waals surface area (Å²) < 4.78 is 0. The monoisotopic (exact) mass is 224 g/mol. The van der Waals surface area contributed by atoms with Crippen molar-refractivity contribution in [2.24, 2.45) is 0 Å². The summed E-state index contributed by atoms with van der Waals surface area (Å²) in [6, 6.07) is 13.0. The van der Waals surface area contributed by atoms with Crippen molar-refractivity contribution in [3.8, 4) is 11.5 Å². The van der Waals surface area contributed by atoms with Crippen molar-refractivity contribution in [1.29, 1.82) is 0 Å². The molecule has 0 spiro atoms. The van der Waals surface area contributed by atoms with Gasteiger partial charge in [-0.2, -0.15) is 0 Å². The maximum atomic E-state index is 10.0. The van der Waals surface area contributed by atoms with Gasteiger partial charge >= 0.3 is 0 Å². The normalized spacial score (nSPS) is 11.1. The number of hydrogen-bond donors (Lipinski definition) is 2. The third-order valence-electron chi connectivity index (χ3n) is 3.13. The van der Waals surface area contributed by atoms with Crippen LogP contribution < -0.4 is 0 Å². The Morgan fingerprint density at radius 2 is 1.53 bits per heavy atom. The largest absolute Gasteiger partial charge is 0.508 e. The first-order valence-electron chi connectivity index (χ1n) is 5.50. The molecule has 2 N–H and O–H groups in total. The standard InChI is InChI=1S/C15H12O2/c1-9-2-3-11-6-12-7-13(16)5-4-10(12)8-14(11)15(9)17/h2-8,16-17H,1H3. The number of aromatic hydroxyl groups is 2. The molecule has 0 heterocycles. The van der Waals surface area contributed by atoms with Crippen molar-refractivity contribution in [3.05, 3.63) is 48.0 Å². The molecular weight excluding hydrogens is 212 g/mol. The maximum Gasteiger partial charge on any atom is 0.126 e. The van der Waals surface area contributed by atoms with E-state index in [1.54, 1.807) is 12.1 Å². The quantitative estimate of drug-likeness (QED) is 0.571. The molecule has 3 aromatic rings. The van der Waals surface area contributed by atoms with E-state index in [-0.39, 0.29) is 5.75 Å². The average molecular weight is 224 g/mol. The van der Waals surface area contributed by atoms with Crippen molar-refractivity contribution < 1.29 is 10.2 Å². The Morgan fingerprint density at radius 3 is 2.35 bits per heavy atom. The van der Waals surface area contributed by atoms with Crippen LogP contribution in [0.25, 0.3) is 21.5 Å². The Morgan fingerprint density at radius 1 is 0.765 bits per heavy atom. The lowest BCUT2D eigenvalue weighted by molar-refractivity contribution is 0.476. The minimum atomic E-state index is 0.258. The van der Waals surface area contributed by atoms with Crippen molar-refractivity contribution >= 4 is 21.5 Å². The molecule has 0 aliphatic heterocycles. The van der Waals surface area contributed by atoms with E-state index in [1.165, 1.54) is 0 Å². The first kappa shape index (κ1) is 9.97. The highest BCUT2D eigenvalue weighted by molar-refractivity contribution is 6.01. The molecule has 17 heavy (non-hydrogen) atoms. The van der Waals surface area contributed by atoms with Crippen LogP contribution in [0.2, 0.25) is 0 Å². The van der Waals surface area contributed by atoms with Crippen molar-refractivity contribution in [2.75, 3.05) is 0 Å². The smallest absolute Gasteiger partial charge is 0.126 e. The van der Waals surface area contributed by atoms with Gasteiger partial charge in [0.15, 0.2) is 0 Å². The molecule has 2 heteroatoms. The Balaban J connectivity index is 2.48. The van der Waals surface area contributed by atoms with Gasteiger partial charge in [-0.25, -0.2) is 0 Å². The highest BCUT2D eigenvalue weighted by atomic mass is 16.3. The van der Waals surface area contributed by atoms with Gasteiger partial charge in [-0.3, -0.25) is 0 Å². The van der Waals surface area contributed by atoms with Gasteiger partial charge in [-0.1, -0.05) is 18.2 Å². The number of phenols is 2. The highest BCUT2D eigenvalue weighted by Gasteiger charge is 2.05. The van der Waals surface area contributed by atoms with Gasteiger partial charge in [0.05, 0.1) is 0 Å².